The highest BCUT2D eigenvalue weighted by Crippen LogP contribution is 2.23. The van der Waals surface area contributed by atoms with Gasteiger partial charge in [-0.1, -0.05) is 17.7 Å². The second-order valence-corrected chi connectivity index (χ2v) is 6.29. The largest absolute Gasteiger partial charge is 0.370 e. The molecule has 1 aromatic carbocycles. The van der Waals surface area contributed by atoms with E-state index in [4.69, 9.17) is 11.6 Å². The number of carbonyl (C=O) groups excluding carboxylic acids is 1. The maximum atomic E-state index is 12.3. The zero-order valence-electron chi connectivity index (χ0n) is 14.3. The van der Waals surface area contributed by atoms with E-state index >= 15 is 0 Å². The predicted molar refractivity (Wildman–Crippen MR) is 100 cm³/mol. The van der Waals surface area contributed by atoms with Crippen LogP contribution < -0.4 is 10.6 Å². The van der Waals surface area contributed by atoms with E-state index in [0.29, 0.717) is 16.3 Å². The summed E-state index contributed by atoms with van der Waals surface area (Å²) >= 11 is 6.07. The van der Waals surface area contributed by atoms with Gasteiger partial charge in [-0.25, -0.2) is 4.98 Å². The van der Waals surface area contributed by atoms with Crippen molar-refractivity contribution in [1.29, 1.82) is 0 Å². The molecule has 6 heteroatoms. The second-order valence-electron chi connectivity index (χ2n) is 5.88. The van der Waals surface area contributed by atoms with Gasteiger partial charge in [0.2, 0.25) is 0 Å². The van der Waals surface area contributed by atoms with Crippen molar-refractivity contribution >= 4 is 29.0 Å². The summed E-state index contributed by atoms with van der Waals surface area (Å²) in [7, 11) is 4.10. The molecule has 2 N–H and O–H groups in total. The summed E-state index contributed by atoms with van der Waals surface area (Å²) in [5.41, 5.74) is 2.06. The monoisotopic (exact) mass is 346 g/mol. The fourth-order valence-corrected chi connectivity index (χ4v) is 2.36. The maximum absolute atomic E-state index is 12.3. The van der Waals surface area contributed by atoms with Crippen molar-refractivity contribution in [2.24, 2.45) is 0 Å². The molecule has 24 heavy (non-hydrogen) atoms. The molecule has 2 aromatic rings. The van der Waals surface area contributed by atoms with E-state index in [1.54, 1.807) is 18.3 Å². The predicted octanol–water partition coefficient (Wildman–Crippen LogP) is 3.66. The highest BCUT2D eigenvalue weighted by molar-refractivity contribution is 6.31. The van der Waals surface area contributed by atoms with Crippen LogP contribution in [0.3, 0.4) is 0 Å². The highest BCUT2D eigenvalue weighted by Gasteiger charge is 2.09. The molecule has 0 fully saturated rings. The fraction of sp³-hybridized carbons (Fsp3) is 0.333. The first kappa shape index (κ1) is 18.2. The van der Waals surface area contributed by atoms with Gasteiger partial charge in [0.25, 0.3) is 5.91 Å². The topological polar surface area (TPSA) is 57.3 Å². The van der Waals surface area contributed by atoms with E-state index in [2.05, 4.69) is 20.5 Å². The SMILES string of the molecule is Cc1c(Cl)cccc1NC(=O)c1ccc(NCCCN(C)C)nc1. The van der Waals surface area contributed by atoms with Crippen molar-refractivity contribution in [3.8, 4) is 0 Å². The Kier molecular flexibility index (Phi) is 6.58. The number of nitrogens with one attached hydrogen (secondary N) is 2. The van der Waals surface area contributed by atoms with Gasteiger partial charge in [-0.15, -0.1) is 0 Å². The summed E-state index contributed by atoms with van der Waals surface area (Å²) in [4.78, 5) is 18.7. The van der Waals surface area contributed by atoms with Crippen molar-refractivity contribution < 1.29 is 4.79 Å². The number of carbonyl (C=O) groups is 1. The Morgan fingerprint density at radius 2 is 2.04 bits per heavy atom. The van der Waals surface area contributed by atoms with Crippen LogP contribution in [0, 0.1) is 6.92 Å². The van der Waals surface area contributed by atoms with Crippen LogP contribution >= 0.6 is 11.6 Å². The quantitative estimate of drug-likeness (QED) is 0.751. The van der Waals surface area contributed by atoms with Gasteiger partial charge in [0.1, 0.15) is 5.82 Å². The number of aromatic nitrogens is 1. The number of anilines is 2. The molecule has 0 aliphatic heterocycles. The number of hydrogen-bond acceptors (Lipinski definition) is 4. The van der Waals surface area contributed by atoms with Gasteiger partial charge in [0.15, 0.2) is 0 Å². The first-order valence-corrected chi connectivity index (χ1v) is 8.26. The summed E-state index contributed by atoms with van der Waals surface area (Å²) in [6, 6.07) is 9.01. The Balaban J connectivity index is 1.92. The molecule has 1 heterocycles. The van der Waals surface area contributed by atoms with Gasteiger partial charge in [-0.05, 0) is 63.8 Å². The van der Waals surface area contributed by atoms with Crippen molar-refractivity contribution in [2.75, 3.05) is 37.8 Å². The van der Waals surface area contributed by atoms with E-state index < -0.39 is 0 Å². The van der Waals surface area contributed by atoms with E-state index in [1.807, 2.05) is 39.2 Å². The van der Waals surface area contributed by atoms with Crippen LogP contribution in [0.1, 0.15) is 22.3 Å². The third kappa shape index (κ3) is 5.22. The fourth-order valence-electron chi connectivity index (χ4n) is 2.18. The Morgan fingerprint density at radius 1 is 1.25 bits per heavy atom. The number of hydrogen-bond donors (Lipinski definition) is 2. The molecule has 0 saturated carbocycles. The summed E-state index contributed by atoms with van der Waals surface area (Å²) in [6.07, 6.45) is 2.61. The average molecular weight is 347 g/mol. The average Bonchev–Trinajstić information content (AvgIpc) is 2.56. The Bertz CT molecular complexity index is 686. The lowest BCUT2D eigenvalue weighted by Gasteiger charge is -2.11. The summed E-state index contributed by atoms with van der Waals surface area (Å²) in [5.74, 6) is 0.566. The molecule has 0 unspecified atom stereocenters. The van der Waals surface area contributed by atoms with Crippen LogP contribution in [-0.2, 0) is 0 Å². The van der Waals surface area contributed by atoms with Crippen molar-refractivity contribution in [3.05, 3.63) is 52.7 Å². The molecule has 0 aliphatic rings. The molecule has 0 atom stereocenters. The lowest BCUT2D eigenvalue weighted by Crippen LogP contribution is -2.17. The van der Waals surface area contributed by atoms with Gasteiger partial charge in [0, 0.05) is 23.5 Å². The lowest BCUT2D eigenvalue weighted by atomic mass is 10.2. The van der Waals surface area contributed by atoms with Crippen LogP contribution in [-0.4, -0.2) is 43.0 Å². The number of halogens is 1. The molecular weight excluding hydrogens is 324 g/mol. The standard InChI is InChI=1S/C18H23ClN4O/c1-13-15(19)6-4-7-16(13)22-18(24)14-8-9-17(21-12-14)20-10-5-11-23(2)3/h4,6-9,12H,5,10-11H2,1-3H3,(H,20,21)(H,22,24). The molecular formula is C18H23ClN4O. The summed E-state index contributed by atoms with van der Waals surface area (Å²) in [6.45, 7) is 3.74. The van der Waals surface area contributed by atoms with Gasteiger partial charge in [0.05, 0.1) is 5.56 Å². The van der Waals surface area contributed by atoms with Gasteiger partial charge >= 0.3 is 0 Å². The molecule has 0 spiro atoms. The zero-order chi connectivity index (χ0) is 17.5. The molecule has 1 aromatic heterocycles. The number of rotatable bonds is 7. The van der Waals surface area contributed by atoms with Gasteiger partial charge in [-0.3, -0.25) is 4.79 Å². The molecule has 128 valence electrons. The Morgan fingerprint density at radius 3 is 2.71 bits per heavy atom. The van der Waals surface area contributed by atoms with Gasteiger partial charge < -0.3 is 15.5 Å². The van der Waals surface area contributed by atoms with Crippen LogP contribution in [0.25, 0.3) is 0 Å². The normalized spacial score (nSPS) is 10.7. The number of nitrogens with zero attached hydrogens (tertiary/aromatic N) is 2. The third-order valence-electron chi connectivity index (χ3n) is 3.63. The van der Waals surface area contributed by atoms with E-state index in [0.717, 1.165) is 30.9 Å². The zero-order valence-corrected chi connectivity index (χ0v) is 15.0. The summed E-state index contributed by atoms with van der Waals surface area (Å²) < 4.78 is 0. The maximum Gasteiger partial charge on any atom is 0.257 e. The van der Waals surface area contributed by atoms with E-state index in [9.17, 15) is 4.79 Å². The third-order valence-corrected chi connectivity index (χ3v) is 4.04. The first-order valence-electron chi connectivity index (χ1n) is 7.88. The number of benzene rings is 1. The second kappa shape index (κ2) is 8.66. The van der Waals surface area contributed by atoms with Crippen LogP contribution in [0.15, 0.2) is 36.5 Å². The Labute approximate surface area is 148 Å². The molecule has 1 amide bonds. The molecule has 0 saturated heterocycles. The first-order chi connectivity index (χ1) is 11.5. The minimum absolute atomic E-state index is 0.202. The van der Waals surface area contributed by atoms with Crippen LogP contribution in [0.5, 0.6) is 0 Å². The van der Waals surface area contributed by atoms with Crippen molar-refractivity contribution in [1.82, 2.24) is 9.88 Å². The van der Waals surface area contributed by atoms with E-state index in [1.165, 1.54) is 0 Å². The van der Waals surface area contributed by atoms with Crippen LogP contribution in [0.2, 0.25) is 5.02 Å². The molecule has 0 bridgehead atoms. The minimum atomic E-state index is -0.202. The highest BCUT2D eigenvalue weighted by atomic mass is 35.5. The minimum Gasteiger partial charge on any atom is -0.370 e. The number of pyridine rings is 1. The van der Waals surface area contributed by atoms with Crippen molar-refractivity contribution in [3.63, 3.8) is 0 Å². The van der Waals surface area contributed by atoms with Crippen molar-refractivity contribution in [2.45, 2.75) is 13.3 Å². The smallest absolute Gasteiger partial charge is 0.257 e. The van der Waals surface area contributed by atoms with E-state index in [-0.39, 0.29) is 5.91 Å². The van der Waals surface area contributed by atoms with Crippen LogP contribution in [0.4, 0.5) is 11.5 Å². The lowest BCUT2D eigenvalue weighted by molar-refractivity contribution is 0.102. The Hall–Kier alpha value is -2.11. The molecule has 0 aliphatic carbocycles. The molecule has 0 radical (unpaired) electrons. The number of amides is 1. The summed E-state index contributed by atoms with van der Waals surface area (Å²) in [5, 5.41) is 6.74. The molecule has 5 nitrogen and oxygen atoms in total. The van der Waals surface area contributed by atoms with Gasteiger partial charge in [-0.2, -0.15) is 0 Å². The molecule has 2 rings (SSSR count).